The molecule has 3 atom stereocenters. The summed E-state index contributed by atoms with van der Waals surface area (Å²) < 4.78 is 25.4. The normalized spacial score (nSPS) is 21.5. The maximum Gasteiger partial charge on any atom is 0.323 e. The highest BCUT2D eigenvalue weighted by atomic mass is 19.1. The van der Waals surface area contributed by atoms with Gasteiger partial charge in [-0.1, -0.05) is 6.07 Å². The Balaban J connectivity index is 1.45. The van der Waals surface area contributed by atoms with Gasteiger partial charge in [0.1, 0.15) is 24.3 Å². The Hall–Kier alpha value is -3.66. The number of rotatable bonds is 5. The van der Waals surface area contributed by atoms with Gasteiger partial charge in [0.2, 0.25) is 5.91 Å². The molecule has 35 heavy (non-hydrogen) atoms. The van der Waals surface area contributed by atoms with Crippen LogP contribution in [-0.4, -0.2) is 61.2 Å². The first-order valence-electron chi connectivity index (χ1n) is 11.6. The number of benzene rings is 2. The quantitative estimate of drug-likeness (QED) is 0.603. The summed E-state index contributed by atoms with van der Waals surface area (Å²) in [7, 11) is 1.72. The highest BCUT2D eigenvalue weighted by Crippen LogP contribution is 2.32. The van der Waals surface area contributed by atoms with Crippen molar-refractivity contribution in [2.24, 2.45) is 0 Å². The highest BCUT2D eigenvalue weighted by molar-refractivity contribution is 6.02. The van der Waals surface area contributed by atoms with E-state index in [4.69, 9.17) is 9.47 Å². The van der Waals surface area contributed by atoms with Gasteiger partial charge in [-0.2, -0.15) is 0 Å². The number of ether oxygens (including phenoxy) is 2. The van der Waals surface area contributed by atoms with E-state index in [1.807, 2.05) is 6.92 Å². The molecule has 2 aromatic carbocycles. The molecule has 2 aromatic rings. The number of amides is 4. The van der Waals surface area contributed by atoms with E-state index in [0.717, 1.165) is 0 Å². The molecule has 4 rings (SSSR count). The van der Waals surface area contributed by atoms with E-state index in [1.165, 1.54) is 18.2 Å². The lowest BCUT2D eigenvalue weighted by Crippen LogP contribution is -2.54. The van der Waals surface area contributed by atoms with Crippen LogP contribution in [0, 0.1) is 5.82 Å². The van der Waals surface area contributed by atoms with Gasteiger partial charge >= 0.3 is 6.03 Å². The molecule has 0 bridgehead atoms. The van der Waals surface area contributed by atoms with E-state index >= 15 is 0 Å². The molecular formula is C25H29FN4O5. The molecular weight excluding hydrogens is 455 g/mol. The average Bonchev–Trinajstić information content (AvgIpc) is 2.82. The summed E-state index contributed by atoms with van der Waals surface area (Å²) >= 11 is 0. The number of anilines is 2. The second-order valence-electron chi connectivity index (χ2n) is 8.63. The highest BCUT2D eigenvalue weighted by Gasteiger charge is 2.39. The van der Waals surface area contributed by atoms with Gasteiger partial charge in [-0.25, -0.2) is 9.18 Å². The van der Waals surface area contributed by atoms with Crippen LogP contribution in [0.15, 0.2) is 42.5 Å². The second-order valence-corrected chi connectivity index (χ2v) is 8.63. The smallest absolute Gasteiger partial charge is 0.323 e. The summed E-state index contributed by atoms with van der Waals surface area (Å²) in [4.78, 5) is 39.3. The van der Waals surface area contributed by atoms with Gasteiger partial charge in [0.05, 0.1) is 24.1 Å². The minimum atomic E-state index is -0.568. The predicted octanol–water partition coefficient (Wildman–Crippen LogP) is 3.38. The van der Waals surface area contributed by atoms with Crippen LogP contribution in [0.3, 0.4) is 0 Å². The molecule has 2 aliphatic rings. The van der Waals surface area contributed by atoms with Crippen LogP contribution in [0.25, 0.3) is 0 Å². The number of nitrogens with zero attached hydrogens (tertiary/aromatic N) is 1. The van der Waals surface area contributed by atoms with Gasteiger partial charge in [-0.3, -0.25) is 9.59 Å². The minimum Gasteiger partial charge on any atom is -0.490 e. The average molecular weight is 485 g/mol. The number of hydrogen-bond donors (Lipinski definition) is 3. The Morgan fingerprint density at radius 2 is 1.89 bits per heavy atom. The van der Waals surface area contributed by atoms with E-state index in [2.05, 4.69) is 16.0 Å². The number of nitrogens with one attached hydrogen (secondary N) is 3. The molecule has 0 aromatic heterocycles. The maximum atomic E-state index is 13.4. The summed E-state index contributed by atoms with van der Waals surface area (Å²) in [6.45, 7) is 2.67. The van der Waals surface area contributed by atoms with Crippen molar-refractivity contribution in [3.8, 4) is 5.75 Å². The Morgan fingerprint density at radius 3 is 2.63 bits per heavy atom. The van der Waals surface area contributed by atoms with Gasteiger partial charge in [0.15, 0.2) is 0 Å². The van der Waals surface area contributed by atoms with Crippen molar-refractivity contribution in [2.45, 2.75) is 44.4 Å². The summed E-state index contributed by atoms with van der Waals surface area (Å²) in [6, 6.07) is 9.58. The maximum absolute atomic E-state index is 13.4. The van der Waals surface area contributed by atoms with Crippen molar-refractivity contribution in [3.63, 3.8) is 0 Å². The van der Waals surface area contributed by atoms with Crippen molar-refractivity contribution >= 4 is 29.2 Å². The Labute approximate surface area is 203 Å². The molecule has 0 unspecified atom stereocenters. The van der Waals surface area contributed by atoms with Crippen molar-refractivity contribution in [1.82, 2.24) is 10.2 Å². The van der Waals surface area contributed by atoms with E-state index in [-0.39, 0.29) is 43.1 Å². The van der Waals surface area contributed by atoms with Crippen LogP contribution in [0.2, 0.25) is 0 Å². The van der Waals surface area contributed by atoms with Gasteiger partial charge in [-0.05, 0) is 56.2 Å². The van der Waals surface area contributed by atoms with Gasteiger partial charge in [0.25, 0.3) is 5.91 Å². The zero-order chi connectivity index (χ0) is 24.9. The monoisotopic (exact) mass is 484 g/mol. The molecule has 9 nitrogen and oxygen atoms in total. The lowest BCUT2D eigenvalue weighted by atomic mass is 9.94. The summed E-state index contributed by atoms with van der Waals surface area (Å²) in [5.41, 5.74) is 1.02. The molecule has 3 N–H and O–H groups in total. The van der Waals surface area contributed by atoms with Crippen LogP contribution in [-0.2, 0) is 9.53 Å². The Morgan fingerprint density at radius 1 is 1.11 bits per heavy atom. The zero-order valence-electron chi connectivity index (χ0n) is 19.7. The van der Waals surface area contributed by atoms with Gasteiger partial charge in [-0.15, -0.1) is 0 Å². The standard InChI is InChI=1S/C25H29FN4O5/c1-3-27-23(31)13-18-8-9-20-22(35-18)14-34-21-10-7-17(12-19(21)24(32)30(20)2)29-25(33)28-16-6-4-5-15(26)11-16/h4-7,10-12,18,20,22H,3,8-9,13-14H2,1-2H3,(H,27,31)(H2,28,29,33)/t18-,20+,22+/m1/s1. The van der Waals surface area contributed by atoms with Crippen molar-refractivity contribution < 1.29 is 28.2 Å². The molecule has 1 saturated heterocycles. The van der Waals surface area contributed by atoms with E-state index in [9.17, 15) is 18.8 Å². The minimum absolute atomic E-state index is 0.0565. The van der Waals surface area contributed by atoms with Crippen LogP contribution >= 0.6 is 0 Å². The fourth-order valence-electron chi connectivity index (χ4n) is 4.44. The number of carbonyl (C=O) groups excluding carboxylic acids is 3. The van der Waals surface area contributed by atoms with E-state index in [1.54, 1.807) is 36.2 Å². The predicted molar refractivity (Wildman–Crippen MR) is 128 cm³/mol. The molecule has 10 heteroatoms. The van der Waals surface area contributed by atoms with E-state index in [0.29, 0.717) is 42.1 Å². The first-order valence-corrected chi connectivity index (χ1v) is 11.6. The summed E-state index contributed by atoms with van der Waals surface area (Å²) in [5, 5.41) is 8.00. The first-order chi connectivity index (χ1) is 16.8. The third kappa shape index (κ3) is 5.89. The Kier molecular flexibility index (Phi) is 7.50. The zero-order valence-corrected chi connectivity index (χ0v) is 19.7. The number of fused-ring (bicyclic) bond motifs is 2. The molecule has 186 valence electrons. The lowest BCUT2D eigenvalue weighted by Gasteiger charge is -2.42. The number of likely N-dealkylation sites (N-methyl/N-ethyl adjacent to an activating group) is 1. The van der Waals surface area contributed by atoms with Crippen LogP contribution in [0.4, 0.5) is 20.6 Å². The largest absolute Gasteiger partial charge is 0.490 e. The number of urea groups is 1. The molecule has 1 fully saturated rings. The third-order valence-corrected chi connectivity index (χ3v) is 6.14. The van der Waals surface area contributed by atoms with Crippen LogP contribution in [0.1, 0.15) is 36.5 Å². The molecule has 2 aliphatic heterocycles. The van der Waals surface area contributed by atoms with E-state index < -0.39 is 11.8 Å². The molecule has 0 spiro atoms. The number of halogens is 1. The fourth-order valence-corrected chi connectivity index (χ4v) is 4.44. The second kappa shape index (κ2) is 10.7. The molecule has 4 amide bonds. The van der Waals surface area contributed by atoms with Crippen molar-refractivity contribution in [2.75, 3.05) is 30.8 Å². The first kappa shape index (κ1) is 24.5. The van der Waals surface area contributed by atoms with Crippen LogP contribution in [0.5, 0.6) is 5.75 Å². The number of carbonyl (C=O) groups is 3. The molecule has 0 saturated carbocycles. The topological polar surface area (TPSA) is 109 Å². The lowest BCUT2D eigenvalue weighted by molar-refractivity contribution is -0.133. The summed E-state index contributed by atoms with van der Waals surface area (Å²) in [5.74, 6) is -0.394. The molecule has 0 radical (unpaired) electrons. The molecule has 0 aliphatic carbocycles. The Bertz CT molecular complexity index is 1110. The summed E-state index contributed by atoms with van der Waals surface area (Å²) in [6.07, 6.45) is 1.03. The van der Waals surface area contributed by atoms with Crippen molar-refractivity contribution in [1.29, 1.82) is 0 Å². The fraction of sp³-hybridized carbons (Fsp3) is 0.400. The van der Waals surface area contributed by atoms with Crippen molar-refractivity contribution in [3.05, 3.63) is 53.8 Å². The third-order valence-electron chi connectivity index (χ3n) is 6.14. The number of hydrogen-bond acceptors (Lipinski definition) is 5. The van der Waals surface area contributed by atoms with Crippen LogP contribution < -0.4 is 20.7 Å². The van der Waals surface area contributed by atoms with Gasteiger partial charge < -0.3 is 30.3 Å². The molecule has 2 heterocycles. The SMILES string of the molecule is CCNC(=O)C[C@H]1CC[C@H]2[C@H](COc3ccc(NC(=O)Nc4cccc(F)c4)cc3C(=O)N2C)O1. The van der Waals surface area contributed by atoms with Gasteiger partial charge in [0, 0.05) is 25.0 Å².